The van der Waals surface area contributed by atoms with E-state index in [-0.39, 0.29) is 5.82 Å². The summed E-state index contributed by atoms with van der Waals surface area (Å²) in [4.78, 5) is 10.1. The molecule has 2 nitrogen and oxygen atoms in total. The van der Waals surface area contributed by atoms with E-state index >= 15 is 0 Å². The first-order chi connectivity index (χ1) is 5.16. The Hall–Kier alpha value is -1.25. The molecule has 1 aromatic rings. The van der Waals surface area contributed by atoms with Gasteiger partial charge in [-0.2, -0.15) is 0 Å². The molecule has 1 rings (SSSR count). The molecule has 58 valence electrons. The van der Waals surface area contributed by atoms with Gasteiger partial charge < -0.3 is 0 Å². The number of hydrogen-bond acceptors (Lipinski definition) is 2. The average Bonchev–Trinajstić information content (AvgIpc) is 2.01. The Bertz CT molecular complexity index is 296. The van der Waals surface area contributed by atoms with Crippen molar-refractivity contribution in [2.75, 3.05) is 0 Å². The van der Waals surface area contributed by atoms with Crippen molar-refractivity contribution in [3.8, 4) is 0 Å². The van der Waals surface area contributed by atoms with Crippen LogP contribution in [0.2, 0.25) is 0 Å². The van der Waals surface area contributed by atoms with E-state index in [2.05, 4.69) is 5.18 Å². The number of benzene rings is 1. The van der Waals surface area contributed by atoms with E-state index in [4.69, 9.17) is 0 Å². The molecule has 0 N–H and O–H groups in total. The van der Waals surface area contributed by atoms with Gasteiger partial charge in [-0.05, 0) is 42.3 Å². The number of nitroso groups, excluding NO2 is 1. The Morgan fingerprint density at radius 3 is 2.45 bits per heavy atom. The van der Waals surface area contributed by atoms with Crippen molar-refractivity contribution in [1.82, 2.24) is 0 Å². The summed E-state index contributed by atoms with van der Waals surface area (Å²) in [5.74, 6) is -0.296. The summed E-state index contributed by atoms with van der Waals surface area (Å²) in [6.07, 6.45) is 0. The van der Waals surface area contributed by atoms with Crippen molar-refractivity contribution in [3.63, 3.8) is 0 Å². The SMILES string of the molecule is Cc1c(F)ccc(N=O)c1C. The summed E-state index contributed by atoms with van der Waals surface area (Å²) in [7, 11) is 0. The van der Waals surface area contributed by atoms with Gasteiger partial charge in [0.15, 0.2) is 0 Å². The van der Waals surface area contributed by atoms with Gasteiger partial charge in [0.1, 0.15) is 11.5 Å². The zero-order chi connectivity index (χ0) is 8.43. The molecule has 0 spiro atoms. The molecule has 0 unspecified atom stereocenters. The monoisotopic (exact) mass is 153 g/mol. The predicted octanol–water partition coefficient (Wildman–Crippen LogP) is 2.84. The fourth-order valence-corrected chi connectivity index (χ4v) is 0.872. The number of rotatable bonds is 1. The lowest BCUT2D eigenvalue weighted by atomic mass is 10.1. The van der Waals surface area contributed by atoms with Crippen molar-refractivity contribution in [2.45, 2.75) is 13.8 Å². The van der Waals surface area contributed by atoms with Crippen LogP contribution in [0, 0.1) is 24.6 Å². The lowest BCUT2D eigenvalue weighted by molar-refractivity contribution is 0.617. The largest absolute Gasteiger partial charge is 0.207 e. The third-order valence-corrected chi connectivity index (χ3v) is 1.79. The quantitative estimate of drug-likeness (QED) is 0.570. The Morgan fingerprint density at radius 1 is 1.27 bits per heavy atom. The maximum Gasteiger partial charge on any atom is 0.126 e. The second kappa shape index (κ2) is 2.78. The minimum Gasteiger partial charge on any atom is -0.207 e. The van der Waals surface area contributed by atoms with Crippen LogP contribution < -0.4 is 0 Å². The fourth-order valence-electron chi connectivity index (χ4n) is 0.872. The van der Waals surface area contributed by atoms with Crippen molar-refractivity contribution in [3.05, 3.63) is 34.0 Å². The highest BCUT2D eigenvalue weighted by Gasteiger charge is 2.04. The molecule has 0 aliphatic carbocycles. The van der Waals surface area contributed by atoms with Crippen LogP contribution in [0.5, 0.6) is 0 Å². The van der Waals surface area contributed by atoms with Crippen molar-refractivity contribution >= 4 is 5.69 Å². The van der Waals surface area contributed by atoms with Gasteiger partial charge in [-0.15, -0.1) is 4.91 Å². The fraction of sp³-hybridized carbons (Fsp3) is 0.250. The lowest BCUT2D eigenvalue weighted by Gasteiger charge is -2.01. The normalized spacial score (nSPS) is 9.73. The Labute approximate surface area is 64.0 Å². The second-order valence-corrected chi connectivity index (χ2v) is 2.41. The molecule has 0 amide bonds. The van der Waals surface area contributed by atoms with Crippen molar-refractivity contribution in [2.24, 2.45) is 5.18 Å². The van der Waals surface area contributed by atoms with Crippen LogP contribution in [0.1, 0.15) is 11.1 Å². The highest BCUT2D eigenvalue weighted by Crippen LogP contribution is 2.22. The van der Waals surface area contributed by atoms with E-state index in [0.717, 1.165) is 0 Å². The molecular weight excluding hydrogens is 145 g/mol. The molecule has 0 heterocycles. The molecule has 11 heavy (non-hydrogen) atoms. The Balaban J connectivity index is 3.36. The van der Waals surface area contributed by atoms with Gasteiger partial charge in [-0.1, -0.05) is 0 Å². The van der Waals surface area contributed by atoms with Gasteiger partial charge in [-0.25, -0.2) is 4.39 Å². The molecular formula is C8H8FNO. The van der Waals surface area contributed by atoms with Crippen molar-refractivity contribution < 1.29 is 4.39 Å². The van der Waals surface area contributed by atoms with Gasteiger partial charge in [0.2, 0.25) is 0 Å². The van der Waals surface area contributed by atoms with E-state index in [1.54, 1.807) is 13.8 Å². The van der Waals surface area contributed by atoms with Gasteiger partial charge in [0, 0.05) is 0 Å². The van der Waals surface area contributed by atoms with E-state index < -0.39 is 0 Å². The molecule has 0 fully saturated rings. The van der Waals surface area contributed by atoms with Gasteiger partial charge in [-0.3, -0.25) is 0 Å². The van der Waals surface area contributed by atoms with E-state index in [0.29, 0.717) is 16.8 Å². The van der Waals surface area contributed by atoms with E-state index in [9.17, 15) is 9.30 Å². The highest BCUT2D eigenvalue weighted by atomic mass is 19.1. The van der Waals surface area contributed by atoms with Gasteiger partial charge >= 0.3 is 0 Å². The number of hydrogen-bond donors (Lipinski definition) is 0. The summed E-state index contributed by atoms with van der Waals surface area (Å²) in [5.41, 5.74) is 1.41. The van der Waals surface area contributed by atoms with Crippen LogP contribution in [-0.2, 0) is 0 Å². The maximum absolute atomic E-state index is 12.8. The minimum absolute atomic E-state index is 0.296. The van der Waals surface area contributed by atoms with Gasteiger partial charge in [0.05, 0.1) is 0 Å². The van der Waals surface area contributed by atoms with Crippen LogP contribution in [0.15, 0.2) is 17.3 Å². The first-order valence-corrected chi connectivity index (χ1v) is 3.26. The van der Waals surface area contributed by atoms with Gasteiger partial charge in [0.25, 0.3) is 0 Å². The van der Waals surface area contributed by atoms with Crippen LogP contribution in [0.3, 0.4) is 0 Å². The van der Waals surface area contributed by atoms with Crippen LogP contribution in [0.25, 0.3) is 0 Å². The summed E-state index contributed by atoms with van der Waals surface area (Å²) >= 11 is 0. The second-order valence-electron chi connectivity index (χ2n) is 2.41. The van der Waals surface area contributed by atoms with Crippen LogP contribution >= 0.6 is 0 Å². The first-order valence-electron chi connectivity index (χ1n) is 3.26. The number of nitrogens with zero attached hydrogens (tertiary/aromatic N) is 1. The minimum atomic E-state index is -0.296. The third-order valence-electron chi connectivity index (χ3n) is 1.79. The summed E-state index contributed by atoms with van der Waals surface area (Å²) in [6, 6.07) is 2.63. The molecule has 0 aliphatic rings. The zero-order valence-electron chi connectivity index (χ0n) is 6.39. The summed E-state index contributed by atoms with van der Waals surface area (Å²) in [6.45, 7) is 3.30. The molecule has 0 radical (unpaired) electrons. The standard InChI is InChI=1S/C8H8FNO/c1-5-6(2)8(10-11)4-3-7(5)9/h3-4H,1-2H3. The highest BCUT2D eigenvalue weighted by molar-refractivity contribution is 5.49. The summed E-state index contributed by atoms with van der Waals surface area (Å²) in [5, 5.41) is 2.76. The zero-order valence-corrected chi connectivity index (χ0v) is 6.39. The summed E-state index contributed by atoms with van der Waals surface area (Å²) < 4.78 is 12.8. The average molecular weight is 153 g/mol. The molecule has 0 atom stereocenters. The smallest absolute Gasteiger partial charge is 0.126 e. The third kappa shape index (κ3) is 1.27. The lowest BCUT2D eigenvalue weighted by Crippen LogP contribution is -1.86. The molecule has 1 aromatic carbocycles. The van der Waals surface area contributed by atoms with Crippen LogP contribution in [0.4, 0.5) is 10.1 Å². The molecule has 0 saturated carbocycles. The topological polar surface area (TPSA) is 29.4 Å². The number of halogens is 1. The first kappa shape index (κ1) is 7.85. The van der Waals surface area contributed by atoms with Crippen LogP contribution in [-0.4, -0.2) is 0 Å². The molecule has 0 aromatic heterocycles. The molecule has 3 heteroatoms. The maximum atomic E-state index is 12.8. The molecule has 0 bridgehead atoms. The Kier molecular flexibility index (Phi) is 1.98. The van der Waals surface area contributed by atoms with E-state index in [1.807, 2.05) is 0 Å². The molecule has 0 aliphatic heterocycles. The molecule has 0 saturated heterocycles. The predicted molar refractivity (Wildman–Crippen MR) is 41.3 cm³/mol. The Morgan fingerprint density at radius 2 is 1.91 bits per heavy atom. The van der Waals surface area contributed by atoms with E-state index in [1.165, 1.54) is 12.1 Å². The van der Waals surface area contributed by atoms with Crippen molar-refractivity contribution in [1.29, 1.82) is 0 Å².